The molecule has 0 aliphatic heterocycles. The summed E-state index contributed by atoms with van der Waals surface area (Å²) in [6.45, 7) is 4.46. The molecule has 0 aliphatic rings. The van der Waals surface area contributed by atoms with Crippen molar-refractivity contribution in [3.05, 3.63) is 71.0 Å². The number of fused-ring (bicyclic) bond motifs is 1. The molecule has 136 valence electrons. The van der Waals surface area contributed by atoms with Crippen molar-refractivity contribution in [1.29, 1.82) is 0 Å². The zero-order chi connectivity index (χ0) is 18.8. The predicted molar refractivity (Wildman–Crippen MR) is 106 cm³/mol. The second kappa shape index (κ2) is 7.28. The number of hydrogen-bond acceptors (Lipinski definition) is 5. The average Bonchev–Trinajstić information content (AvgIpc) is 3.27. The van der Waals surface area contributed by atoms with Crippen LogP contribution < -0.4 is 5.32 Å². The van der Waals surface area contributed by atoms with Gasteiger partial charge in [-0.05, 0) is 24.1 Å². The molecular weight excluding hydrogens is 358 g/mol. The lowest BCUT2D eigenvalue weighted by atomic mass is 10.1. The van der Waals surface area contributed by atoms with Crippen LogP contribution in [0, 0.1) is 6.92 Å². The van der Waals surface area contributed by atoms with E-state index in [2.05, 4.69) is 20.6 Å². The molecule has 2 aromatic carbocycles. The predicted octanol–water partition coefficient (Wildman–Crippen LogP) is 3.65. The fourth-order valence-corrected chi connectivity index (χ4v) is 3.73. The lowest BCUT2D eigenvalue weighted by molar-refractivity contribution is 0.0950. The van der Waals surface area contributed by atoms with Gasteiger partial charge in [0.25, 0.3) is 5.91 Å². The molecule has 27 heavy (non-hydrogen) atoms. The normalized spacial score (nSPS) is 11.0. The van der Waals surface area contributed by atoms with Crippen molar-refractivity contribution in [3.63, 3.8) is 0 Å². The Kier molecular flexibility index (Phi) is 4.68. The lowest BCUT2D eigenvalue weighted by Crippen LogP contribution is -2.23. The Morgan fingerprint density at radius 2 is 1.89 bits per heavy atom. The molecule has 1 N–H and O–H groups in total. The summed E-state index contributed by atoms with van der Waals surface area (Å²) in [4.78, 5) is 13.1. The number of benzene rings is 2. The third kappa shape index (κ3) is 3.46. The summed E-state index contributed by atoms with van der Waals surface area (Å²) in [5, 5.41) is 16.8. The minimum Gasteiger partial charge on any atom is -0.348 e. The van der Waals surface area contributed by atoms with Gasteiger partial charge in [0.05, 0.1) is 0 Å². The van der Waals surface area contributed by atoms with Gasteiger partial charge in [-0.25, -0.2) is 0 Å². The maximum Gasteiger partial charge on any atom is 0.251 e. The SMILES string of the molecule is CCc1nnc2sc(-c3ccc(CNC(=O)c4ccccc4C)cc3)nn12. The van der Waals surface area contributed by atoms with E-state index in [1.54, 1.807) is 4.52 Å². The van der Waals surface area contributed by atoms with Crippen molar-refractivity contribution in [2.75, 3.05) is 0 Å². The van der Waals surface area contributed by atoms with E-state index in [9.17, 15) is 4.79 Å². The molecule has 1 amide bonds. The molecule has 0 aliphatic carbocycles. The minimum atomic E-state index is -0.0575. The monoisotopic (exact) mass is 377 g/mol. The largest absolute Gasteiger partial charge is 0.348 e. The Labute approximate surface area is 160 Å². The van der Waals surface area contributed by atoms with Gasteiger partial charge in [0.15, 0.2) is 5.82 Å². The smallest absolute Gasteiger partial charge is 0.251 e. The maximum absolute atomic E-state index is 12.3. The van der Waals surface area contributed by atoms with Crippen LogP contribution in [0.5, 0.6) is 0 Å². The van der Waals surface area contributed by atoms with Crippen LogP contribution in [0.3, 0.4) is 0 Å². The summed E-state index contributed by atoms with van der Waals surface area (Å²) in [6, 6.07) is 15.6. The fourth-order valence-electron chi connectivity index (χ4n) is 2.86. The molecule has 0 bridgehead atoms. The highest BCUT2D eigenvalue weighted by molar-refractivity contribution is 7.19. The number of carbonyl (C=O) groups excluding carboxylic acids is 1. The van der Waals surface area contributed by atoms with Crippen molar-refractivity contribution in [2.45, 2.75) is 26.8 Å². The van der Waals surface area contributed by atoms with Gasteiger partial charge in [0.1, 0.15) is 5.01 Å². The van der Waals surface area contributed by atoms with Crippen molar-refractivity contribution in [3.8, 4) is 10.6 Å². The molecular formula is C20H19N5OS. The van der Waals surface area contributed by atoms with Gasteiger partial charge in [0.2, 0.25) is 4.96 Å². The number of nitrogens with one attached hydrogen (secondary N) is 1. The first-order chi connectivity index (χ1) is 13.2. The number of rotatable bonds is 5. The zero-order valence-corrected chi connectivity index (χ0v) is 16.0. The fraction of sp³-hybridized carbons (Fsp3) is 0.200. The first-order valence-electron chi connectivity index (χ1n) is 8.80. The van der Waals surface area contributed by atoms with Crippen molar-refractivity contribution in [1.82, 2.24) is 25.1 Å². The first-order valence-corrected chi connectivity index (χ1v) is 9.61. The summed E-state index contributed by atoms with van der Waals surface area (Å²) in [6.07, 6.45) is 0.796. The van der Waals surface area contributed by atoms with E-state index in [1.807, 2.05) is 62.4 Å². The quantitative estimate of drug-likeness (QED) is 0.576. The van der Waals surface area contributed by atoms with Crippen molar-refractivity contribution in [2.24, 2.45) is 0 Å². The molecule has 0 saturated carbocycles. The van der Waals surface area contributed by atoms with E-state index in [1.165, 1.54) is 11.3 Å². The third-order valence-corrected chi connectivity index (χ3v) is 5.36. The van der Waals surface area contributed by atoms with Crippen LogP contribution in [0.4, 0.5) is 0 Å². The number of aryl methyl sites for hydroxylation is 2. The second-order valence-electron chi connectivity index (χ2n) is 6.27. The van der Waals surface area contributed by atoms with Gasteiger partial charge in [-0.15, -0.1) is 10.2 Å². The molecule has 2 aromatic heterocycles. The van der Waals surface area contributed by atoms with Gasteiger partial charge < -0.3 is 5.32 Å². The second-order valence-corrected chi connectivity index (χ2v) is 7.22. The van der Waals surface area contributed by atoms with E-state index in [-0.39, 0.29) is 5.91 Å². The molecule has 4 aromatic rings. The van der Waals surface area contributed by atoms with Crippen LogP contribution in [-0.2, 0) is 13.0 Å². The molecule has 0 fully saturated rings. The number of aromatic nitrogens is 4. The van der Waals surface area contributed by atoms with Gasteiger partial charge >= 0.3 is 0 Å². The number of amides is 1. The topological polar surface area (TPSA) is 72.2 Å². The van der Waals surface area contributed by atoms with Crippen molar-refractivity contribution < 1.29 is 4.79 Å². The van der Waals surface area contributed by atoms with Gasteiger partial charge in [-0.3, -0.25) is 4.79 Å². The van der Waals surface area contributed by atoms with Gasteiger partial charge in [0, 0.05) is 24.1 Å². The van der Waals surface area contributed by atoms with Crippen LogP contribution in [0.2, 0.25) is 0 Å². The van der Waals surface area contributed by atoms with E-state index >= 15 is 0 Å². The summed E-state index contributed by atoms with van der Waals surface area (Å²) in [7, 11) is 0. The first kappa shape index (κ1) is 17.4. The Hall–Kier alpha value is -3.06. The molecule has 6 nitrogen and oxygen atoms in total. The molecule has 0 saturated heterocycles. The molecule has 0 radical (unpaired) electrons. The summed E-state index contributed by atoms with van der Waals surface area (Å²) >= 11 is 1.52. The van der Waals surface area contributed by atoms with E-state index < -0.39 is 0 Å². The molecule has 7 heteroatoms. The number of nitrogens with zero attached hydrogens (tertiary/aromatic N) is 4. The molecule has 0 unspecified atom stereocenters. The van der Waals surface area contributed by atoms with Gasteiger partial charge in [-0.2, -0.15) is 9.61 Å². The molecule has 0 spiro atoms. The van der Waals surface area contributed by atoms with Crippen LogP contribution in [0.25, 0.3) is 15.5 Å². The Morgan fingerprint density at radius 3 is 2.63 bits per heavy atom. The summed E-state index contributed by atoms with van der Waals surface area (Å²) in [5.74, 6) is 0.806. The van der Waals surface area contributed by atoms with Crippen LogP contribution in [0.15, 0.2) is 48.5 Å². The summed E-state index contributed by atoms with van der Waals surface area (Å²) < 4.78 is 1.80. The molecule has 2 heterocycles. The van der Waals surface area contributed by atoms with E-state index in [4.69, 9.17) is 0 Å². The highest BCUT2D eigenvalue weighted by Gasteiger charge is 2.12. The van der Waals surface area contributed by atoms with Crippen LogP contribution in [0.1, 0.15) is 34.2 Å². The van der Waals surface area contributed by atoms with E-state index in [0.717, 1.165) is 38.9 Å². The standard InChI is InChI=1S/C20H19N5OS/c1-3-17-22-23-20-25(17)24-19(27-20)15-10-8-14(9-11-15)12-21-18(26)16-7-5-4-6-13(16)2/h4-11H,3,12H2,1-2H3,(H,21,26). The Bertz CT molecular complexity index is 1100. The molecule has 0 atom stereocenters. The highest BCUT2D eigenvalue weighted by Crippen LogP contribution is 2.25. The number of carbonyl (C=O) groups is 1. The van der Waals surface area contributed by atoms with Crippen molar-refractivity contribution >= 4 is 22.2 Å². The lowest BCUT2D eigenvalue weighted by Gasteiger charge is -2.08. The minimum absolute atomic E-state index is 0.0575. The number of hydrogen-bond donors (Lipinski definition) is 1. The molecule has 4 rings (SSSR count). The maximum atomic E-state index is 12.3. The highest BCUT2D eigenvalue weighted by atomic mass is 32.1. The summed E-state index contributed by atoms with van der Waals surface area (Å²) in [5.41, 5.74) is 3.75. The Balaban J connectivity index is 1.46. The Morgan fingerprint density at radius 1 is 1.11 bits per heavy atom. The van der Waals surface area contributed by atoms with Crippen LogP contribution >= 0.6 is 11.3 Å². The van der Waals surface area contributed by atoms with E-state index in [0.29, 0.717) is 12.1 Å². The van der Waals surface area contributed by atoms with Crippen LogP contribution in [-0.4, -0.2) is 25.7 Å². The zero-order valence-electron chi connectivity index (χ0n) is 15.1. The third-order valence-electron chi connectivity index (χ3n) is 4.42. The van der Waals surface area contributed by atoms with Gasteiger partial charge in [-0.1, -0.05) is 60.7 Å². The average molecular weight is 377 g/mol.